The minimum absolute atomic E-state index is 0.119. The van der Waals surface area contributed by atoms with Crippen molar-refractivity contribution in [3.8, 4) is 6.07 Å². The molecule has 0 aliphatic rings. The second-order valence-electron chi connectivity index (χ2n) is 2.33. The summed E-state index contributed by atoms with van der Waals surface area (Å²) in [5.41, 5.74) is 5.86. The Balaban J connectivity index is 3.15. The molecule has 1 heterocycles. The summed E-state index contributed by atoms with van der Waals surface area (Å²) in [5, 5.41) is 8.58. The number of ketones is 1. The SMILES string of the molecule is N#Cc1cc(C(=O)CCl)cnc1N. The van der Waals surface area contributed by atoms with Crippen LogP contribution in [-0.4, -0.2) is 16.6 Å². The third-order valence-corrected chi connectivity index (χ3v) is 1.73. The number of aromatic nitrogens is 1. The Morgan fingerprint density at radius 1 is 1.77 bits per heavy atom. The molecule has 0 aliphatic heterocycles. The lowest BCUT2D eigenvalue weighted by Crippen LogP contribution is -2.04. The Bertz CT molecular complexity index is 383. The molecule has 0 saturated carbocycles. The fraction of sp³-hybridized carbons (Fsp3) is 0.125. The number of anilines is 1. The number of nitrogens with two attached hydrogens (primary N) is 1. The van der Waals surface area contributed by atoms with Crippen LogP contribution in [0.5, 0.6) is 0 Å². The molecule has 0 fully saturated rings. The number of nitrogens with zero attached hydrogens (tertiary/aromatic N) is 2. The maximum Gasteiger partial charge on any atom is 0.179 e. The molecule has 0 spiro atoms. The second-order valence-corrected chi connectivity index (χ2v) is 2.59. The number of nitriles is 1. The molecule has 0 aromatic carbocycles. The van der Waals surface area contributed by atoms with Gasteiger partial charge in [-0.2, -0.15) is 5.26 Å². The summed E-state index contributed by atoms with van der Waals surface area (Å²) in [5.74, 6) is -0.282. The molecule has 0 aliphatic carbocycles. The summed E-state index contributed by atoms with van der Waals surface area (Å²) in [6, 6.07) is 3.21. The van der Waals surface area contributed by atoms with E-state index in [1.165, 1.54) is 12.3 Å². The molecule has 66 valence electrons. The van der Waals surface area contributed by atoms with E-state index in [1.54, 1.807) is 0 Å². The zero-order valence-corrected chi connectivity index (χ0v) is 7.38. The van der Waals surface area contributed by atoms with Crippen LogP contribution in [0.15, 0.2) is 12.3 Å². The number of rotatable bonds is 2. The number of pyridine rings is 1. The van der Waals surface area contributed by atoms with E-state index >= 15 is 0 Å². The first-order chi connectivity index (χ1) is 6.19. The summed E-state index contributed by atoms with van der Waals surface area (Å²) in [7, 11) is 0. The zero-order valence-electron chi connectivity index (χ0n) is 6.62. The van der Waals surface area contributed by atoms with E-state index in [4.69, 9.17) is 22.6 Å². The second kappa shape index (κ2) is 3.87. The van der Waals surface area contributed by atoms with Crippen LogP contribution in [-0.2, 0) is 0 Å². The van der Waals surface area contributed by atoms with Gasteiger partial charge in [0.1, 0.15) is 11.9 Å². The van der Waals surface area contributed by atoms with Crippen LogP contribution in [0.3, 0.4) is 0 Å². The van der Waals surface area contributed by atoms with Gasteiger partial charge in [0.2, 0.25) is 0 Å². The van der Waals surface area contributed by atoms with Crippen molar-refractivity contribution in [1.29, 1.82) is 5.26 Å². The number of nitrogen functional groups attached to an aromatic ring is 1. The van der Waals surface area contributed by atoms with Crippen LogP contribution in [0.2, 0.25) is 0 Å². The van der Waals surface area contributed by atoms with Gasteiger partial charge in [0.15, 0.2) is 5.78 Å². The quantitative estimate of drug-likeness (QED) is 0.563. The summed E-state index contributed by atoms with van der Waals surface area (Å²) in [6.45, 7) is 0. The van der Waals surface area contributed by atoms with Crippen LogP contribution in [0, 0.1) is 11.3 Å². The smallest absolute Gasteiger partial charge is 0.179 e. The number of hydrogen-bond acceptors (Lipinski definition) is 4. The number of carbonyl (C=O) groups is 1. The Morgan fingerprint density at radius 2 is 2.46 bits per heavy atom. The molecule has 0 amide bonds. The van der Waals surface area contributed by atoms with E-state index in [0.717, 1.165) is 0 Å². The minimum atomic E-state index is -0.273. The molecule has 4 nitrogen and oxygen atoms in total. The van der Waals surface area contributed by atoms with E-state index in [2.05, 4.69) is 4.98 Å². The van der Waals surface area contributed by atoms with Crippen molar-refractivity contribution in [1.82, 2.24) is 4.98 Å². The molecule has 1 aromatic heterocycles. The lowest BCUT2D eigenvalue weighted by atomic mass is 10.1. The van der Waals surface area contributed by atoms with Crippen LogP contribution in [0.25, 0.3) is 0 Å². The largest absolute Gasteiger partial charge is 0.383 e. The van der Waals surface area contributed by atoms with Crippen LogP contribution < -0.4 is 5.73 Å². The zero-order chi connectivity index (χ0) is 9.84. The Kier molecular flexibility index (Phi) is 2.83. The van der Waals surface area contributed by atoms with Crippen molar-refractivity contribution in [2.45, 2.75) is 0 Å². The van der Waals surface area contributed by atoms with E-state index in [0.29, 0.717) is 5.56 Å². The molecule has 1 rings (SSSR count). The molecule has 0 atom stereocenters. The first-order valence-electron chi connectivity index (χ1n) is 3.44. The van der Waals surface area contributed by atoms with Gasteiger partial charge in [0, 0.05) is 11.8 Å². The standard InChI is InChI=1S/C8H6ClN3O/c9-2-7(13)6-1-5(3-10)8(11)12-4-6/h1,4H,2H2,(H2,11,12). The molecule has 0 unspecified atom stereocenters. The van der Waals surface area contributed by atoms with E-state index in [9.17, 15) is 4.79 Å². The van der Waals surface area contributed by atoms with Crippen LogP contribution >= 0.6 is 11.6 Å². The van der Waals surface area contributed by atoms with Crippen LogP contribution in [0.4, 0.5) is 5.82 Å². The van der Waals surface area contributed by atoms with Gasteiger partial charge in [-0.1, -0.05) is 0 Å². The van der Waals surface area contributed by atoms with Crippen molar-refractivity contribution in [3.05, 3.63) is 23.4 Å². The van der Waals surface area contributed by atoms with Gasteiger partial charge >= 0.3 is 0 Å². The van der Waals surface area contributed by atoms with Crippen molar-refractivity contribution < 1.29 is 4.79 Å². The molecule has 0 radical (unpaired) electrons. The fourth-order valence-electron chi connectivity index (χ4n) is 0.795. The highest BCUT2D eigenvalue weighted by Gasteiger charge is 2.07. The Hall–Kier alpha value is -1.60. The van der Waals surface area contributed by atoms with Crippen molar-refractivity contribution in [2.24, 2.45) is 0 Å². The summed E-state index contributed by atoms with van der Waals surface area (Å²) in [4.78, 5) is 14.8. The molecular formula is C8H6ClN3O. The maximum absolute atomic E-state index is 11.1. The highest BCUT2D eigenvalue weighted by atomic mass is 35.5. The van der Waals surface area contributed by atoms with Gasteiger partial charge in [-0.3, -0.25) is 4.79 Å². The highest BCUT2D eigenvalue weighted by molar-refractivity contribution is 6.30. The van der Waals surface area contributed by atoms with Crippen LogP contribution in [0.1, 0.15) is 15.9 Å². The summed E-state index contributed by atoms with van der Waals surface area (Å²) < 4.78 is 0. The number of halogens is 1. The number of carbonyl (C=O) groups excluding carboxylic acids is 1. The topological polar surface area (TPSA) is 79.8 Å². The normalized spacial score (nSPS) is 9.23. The summed E-state index contributed by atoms with van der Waals surface area (Å²) >= 11 is 5.33. The van der Waals surface area contributed by atoms with Gasteiger partial charge in [-0.25, -0.2) is 4.98 Å². The van der Waals surface area contributed by atoms with E-state index in [1.807, 2.05) is 6.07 Å². The fourth-order valence-corrected chi connectivity index (χ4v) is 0.949. The average Bonchev–Trinajstić information content (AvgIpc) is 2.17. The maximum atomic E-state index is 11.1. The Morgan fingerprint density at radius 3 is 3.00 bits per heavy atom. The third kappa shape index (κ3) is 1.95. The number of hydrogen-bond donors (Lipinski definition) is 1. The molecule has 0 bridgehead atoms. The van der Waals surface area contributed by atoms with Gasteiger partial charge in [0.25, 0.3) is 0 Å². The van der Waals surface area contributed by atoms with E-state index < -0.39 is 0 Å². The molecule has 2 N–H and O–H groups in total. The van der Waals surface area contributed by atoms with Crippen molar-refractivity contribution >= 4 is 23.2 Å². The van der Waals surface area contributed by atoms with Crippen molar-refractivity contribution in [3.63, 3.8) is 0 Å². The van der Waals surface area contributed by atoms with Crippen molar-refractivity contribution in [2.75, 3.05) is 11.6 Å². The van der Waals surface area contributed by atoms with E-state index in [-0.39, 0.29) is 23.0 Å². The monoisotopic (exact) mass is 195 g/mol. The molecule has 5 heteroatoms. The first-order valence-corrected chi connectivity index (χ1v) is 3.97. The Labute approximate surface area is 79.9 Å². The van der Waals surface area contributed by atoms with Gasteiger partial charge in [-0.05, 0) is 6.07 Å². The highest BCUT2D eigenvalue weighted by Crippen LogP contribution is 2.10. The first kappa shape index (κ1) is 9.49. The predicted octanol–water partition coefficient (Wildman–Crippen LogP) is 0.957. The number of Topliss-reactive ketones (excluding diaryl/α,β-unsaturated/α-hetero) is 1. The lowest BCUT2D eigenvalue weighted by Gasteiger charge is -1.98. The van der Waals surface area contributed by atoms with Gasteiger partial charge in [0.05, 0.1) is 11.4 Å². The average molecular weight is 196 g/mol. The molecule has 1 aromatic rings. The lowest BCUT2D eigenvalue weighted by molar-refractivity contribution is 0.102. The molecule has 13 heavy (non-hydrogen) atoms. The third-order valence-electron chi connectivity index (χ3n) is 1.48. The predicted molar refractivity (Wildman–Crippen MR) is 48.4 cm³/mol. The van der Waals surface area contributed by atoms with Gasteiger partial charge < -0.3 is 5.73 Å². The number of alkyl halides is 1. The summed E-state index contributed by atoms with van der Waals surface area (Å²) in [6.07, 6.45) is 1.31. The molecular weight excluding hydrogens is 190 g/mol. The van der Waals surface area contributed by atoms with Gasteiger partial charge in [-0.15, -0.1) is 11.6 Å². The minimum Gasteiger partial charge on any atom is -0.383 e. The molecule has 0 saturated heterocycles.